The van der Waals surface area contributed by atoms with E-state index < -0.39 is 0 Å². The fourth-order valence-corrected chi connectivity index (χ4v) is 2.72. The van der Waals surface area contributed by atoms with Gasteiger partial charge in [0.25, 0.3) is 0 Å². The van der Waals surface area contributed by atoms with Gasteiger partial charge in [-0.15, -0.1) is 0 Å². The van der Waals surface area contributed by atoms with Gasteiger partial charge in [-0.1, -0.05) is 29.8 Å². The van der Waals surface area contributed by atoms with Crippen LogP contribution in [0.3, 0.4) is 0 Å². The molecule has 0 bridgehead atoms. The van der Waals surface area contributed by atoms with Crippen molar-refractivity contribution in [3.05, 3.63) is 28.6 Å². The summed E-state index contributed by atoms with van der Waals surface area (Å²) in [5.74, 6) is 0.624. The van der Waals surface area contributed by atoms with Gasteiger partial charge in [0.1, 0.15) is 0 Å². The Bertz CT molecular complexity index is 446. The summed E-state index contributed by atoms with van der Waals surface area (Å²) in [7, 11) is 0. The highest BCUT2D eigenvalue weighted by Crippen LogP contribution is 2.26. The molecular weight excluding hydrogens is 284 g/mol. The lowest BCUT2D eigenvalue weighted by atomic mass is 10.2. The van der Waals surface area contributed by atoms with Gasteiger partial charge in [0.05, 0.1) is 5.69 Å². The predicted octanol–water partition coefficient (Wildman–Crippen LogP) is 4.16. The Hall–Kier alpha value is -0.610. The van der Waals surface area contributed by atoms with Crippen LogP contribution in [0.5, 0.6) is 0 Å². The topological polar surface area (TPSA) is 17.8 Å². The lowest BCUT2D eigenvalue weighted by Gasteiger charge is -2.03. The summed E-state index contributed by atoms with van der Waals surface area (Å²) < 4.78 is 2.05. The molecule has 0 atom stereocenters. The van der Waals surface area contributed by atoms with Crippen LogP contribution in [-0.4, -0.2) is 9.78 Å². The van der Waals surface area contributed by atoms with E-state index >= 15 is 0 Å². The van der Waals surface area contributed by atoms with Crippen LogP contribution in [0, 0.1) is 5.92 Å². The minimum absolute atomic E-state index is 0.624. The van der Waals surface area contributed by atoms with Gasteiger partial charge in [0, 0.05) is 34.6 Å². The van der Waals surface area contributed by atoms with Gasteiger partial charge < -0.3 is 0 Å². The molecule has 2 nitrogen and oxygen atoms in total. The van der Waals surface area contributed by atoms with Crippen molar-refractivity contribution >= 4 is 27.3 Å². The Morgan fingerprint density at radius 2 is 2.31 bits per heavy atom. The number of hydrogen-bond acceptors (Lipinski definition) is 2. The number of alkyl halides is 1. The monoisotopic (exact) mass is 298 g/mol. The van der Waals surface area contributed by atoms with Crippen LogP contribution < -0.4 is 0 Å². The maximum Gasteiger partial charge on any atom is 0.0971 e. The van der Waals surface area contributed by atoms with Crippen LogP contribution in [0.4, 0.5) is 0 Å². The van der Waals surface area contributed by atoms with Crippen molar-refractivity contribution in [2.24, 2.45) is 5.92 Å². The first-order valence-corrected chi connectivity index (χ1v) is 7.42. The second-order valence-corrected chi connectivity index (χ2v) is 5.61. The molecule has 0 N–H and O–H groups in total. The van der Waals surface area contributed by atoms with Crippen molar-refractivity contribution in [2.45, 2.75) is 25.7 Å². The van der Waals surface area contributed by atoms with Crippen molar-refractivity contribution in [1.29, 1.82) is 0 Å². The highest BCUT2D eigenvalue weighted by atomic mass is 79.9. The quantitative estimate of drug-likeness (QED) is 0.775. The molecule has 0 aliphatic carbocycles. The van der Waals surface area contributed by atoms with E-state index in [1.54, 1.807) is 11.3 Å². The van der Waals surface area contributed by atoms with Crippen LogP contribution in [0.15, 0.2) is 23.0 Å². The summed E-state index contributed by atoms with van der Waals surface area (Å²) in [6.07, 6.45) is 2.14. The van der Waals surface area contributed by atoms with E-state index in [0.717, 1.165) is 17.6 Å². The summed E-state index contributed by atoms with van der Waals surface area (Å²) >= 11 is 5.24. The zero-order valence-corrected chi connectivity index (χ0v) is 11.9. The summed E-state index contributed by atoms with van der Waals surface area (Å²) in [5.41, 5.74) is 3.60. The molecule has 2 aromatic rings. The molecule has 2 aromatic heterocycles. The zero-order valence-electron chi connectivity index (χ0n) is 9.48. The molecule has 0 saturated heterocycles. The molecular formula is C12H15BrN2S. The van der Waals surface area contributed by atoms with Gasteiger partial charge in [-0.05, 0) is 17.4 Å². The van der Waals surface area contributed by atoms with Gasteiger partial charge in [-0.3, -0.25) is 4.68 Å². The molecule has 0 aliphatic heterocycles. The lowest BCUT2D eigenvalue weighted by molar-refractivity contribution is 0.484. The average Bonchev–Trinajstić information content (AvgIpc) is 2.83. The Kier molecular flexibility index (Phi) is 3.82. The summed E-state index contributed by atoms with van der Waals surface area (Å²) in [5, 5.41) is 9.75. The minimum atomic E-state index is 0.624. The van der Waals surface area contributed by atoms with Crippen molar-refractivity contribution in [1.82, 2.24) is 9.78 Å². The largest absolute Gasteiger partial charge is 0.272 e. The van der Waals surface area contributed by atoms with Gasteiger partial charge in [-0.2, -0.15) is 16.4 Å². The third kappa shape index (κ3) is 2.55. The van der Waals surface area contributed by atoms with Gasteiger partial charge >= 0.3 is 0 Å². The molecule has 0 unspecified atom stereocenters. The molecule has 4 heteroatoms. The number of halogens is 1. The molecule has 86 valence electrons. The predicted molar refractivity (Wildman–Crippen MR) is 73.0 cm³/mol. The van der Waals surface area contributed by atoms with Crippen molar-refractivity contribution in [3.8, 4) is 11.3 Å². The first kappa shape index (κ1) is 11.9. The Morgan fingerprint density at radius 1 is 1.50 bits per heavy atom. The van der Waals surface area contributed by atoms with Crippen LogP contribution >= 0.6 is 27.3 Å². The fourth-order valence-electron chi connectivity index (χ4n) is 1.67. The second-order valence-electron chi connectivity index (χ2n) is 4.26. The number of thiophene rings is 1. The van der Waals surface area contributed by atoms with E-state index in [1.807, 2.05) is 4.68 Å². The maximum absolute atomic E-state index is 4.66. The summed E-state index contributed by atoms with van der Waals surface area (Å²) in [6.45, 7) is 5.39. The van der Waals surface area contributed by atoms with E-state index in [4.69, 9.17) is 0 Å². The molecule has 0 aliphatic rings. The average molecular weight is 299 g/mol. The van der Waals surface area contributed by atoms with E-state index in [1.165, 1.54) is 11.1 Å². The molecule has 0 amide bonds. The van der Waals surface area contributed by atoms with Gasteiger partial charge in [0.15, 0.2) is 0 Å². The van der Waals surface area contributed by atoms with E-state index in [0.29, 0.717) is 5.92 Å². The number of hydrogen-bond donors (Lipinski definition) is 0. The summed E-state index contributed by atoms with van der Waals surface area (Å²) in [4.78, 5) is 0. The van der Waals surface area contributed by atoms with Gasteiger partial charge in [-0.25, -0.2) is 0 Å². The van der Waals surface area contributed by atoms with Crippen molar-refractivity contribution < 1.29 is 0 Å². The Morgan fingerprint density at radius 3 is 2.88 bits per heavy atom. The Balaban J connectivity index is 2.33. The van der Waals surface area contributed by atoms with Crippen LogP contribution in [-0.2, 0) is 11.9 Å². The number of rotatable bonds is 4. The zero-order chi connectivity index (χ0) is 11.5. The first-order valence-electron chi connectivity index (χ1n) is 5.35. The molecule has 16 heavy (non-hydrogen) atoms. The third-order valence-electron chi connectivity index (χ3n) is 2.33. The van der Waals surface area contributed by atoms with Crippen molar-refractivity contribution in [3.63, 3.8) is 0 Å². The molecule has 0 spiro atoms. The summed E-state index contributed by atoms with van der Waals surface area (Å²) in [6, 6.07) is 2.12. The molecule has 2 heterocycles. The second kappa shape index (κ2) is 5.15. The van der Waals surface area contributed by atoms with Crippen molar-refractivity contribution in [2.75, 3.05) is 0 Å². The molecule has 0 radical (unpaired) electrons. The normalized spacial score (nSPS) is 11.2. The van der Waals surface area contributed by atoms with Gasteiger partial charge in [0.2, 0.25) is 0 Å². The van der Waals surface area contributed by atoms with E-state index in [9.17, 15) is 0 Å². The smallest absolute Gasteiger partial charge is 0.0971 e. The van der Waals surface area contributed by atoms with Crippen LogP contribution in [0.2, 0.25) is 0 Å². The van der Waals surface area contributed by atoms with Crippen LogP contribution in [0.25, 0.3) is 11.3 Å². The highest BCUT2D eigenvalue weighted by molar-refractivity contribution is 9.08. The SMILES string of the molecule is CC(C)Cn1cc(CBr)c(-c2ccsc2)n1. The highest BCUT2D eigenvalue weighted by Gasteiger charge is 2.11. The first-order chi connectivity index (χ1) is 7.70. The molecule has 0 fully saturated rings. The molecule has 2 rings (SSSR count). The minimum Gasteiger partial charge on any atom is -0.272 e. The number of aromatic nitrogens is 2. The lowest BCUT2D eigenvalue weighted by Crippen LogP contribution is -2.04. The fraction of sp³-hybridized carbons (Fsp3) is 0.417. The maximum atomic E-state index is 4.66. The van der Waals surface area contributed by atoms with E-state index in [2.05, 4.69) is 57.9 Å². The van der Waals surface area contributed by atoms with E-state index in [-0.39, 0.29) is 0 Å². The molecule has 0 saturated carbocycles. The van der Waals surface area contributed by atoms with Crippen LogP contribution in [0.1, 0.15) is 19.4 Å². The number of nitrogens with zero attached hydrogens (tertiary/aromatic N) is 2. The third-order valence-corrected chi connectivity index (χ3v) is 3.62. The molecule has 0 aromatic carbocycles. The Labute approximate surface area is 108 Å². The standard InChI is InChI=1S/C12H15BrN2S/c1-9(2)6-15-7-11(5-13)12(14-15)10-3-4-16-8-10/h3-4,7-9H,5-6H2,1-2H3.